The SMILES string of the molecule is CCC(C)[C@@H]1NC(=O)[C@@H](Cc2ccccc2)NC(=O)[C@H](CCN)NC(=O)[C@@H](NC(=O)[C@H](CCN)NC(=O)[C@@H](NC(=O)[C@H](CCN)NC(=O)CCCCC(C)C)C(C)O)CCNC(=O)[C@H](C(C)O)NC(=O)[C@H](CCN)NC(=O)[C@H](CCN)NC1=O. The van der Waals surface area contributed by atoms with Gasteiger partial charge >= 0.3 is 0 Å². The highest BCUT2D eigenvalue weighted by Crippen LogP contribution is 2.13. The summed E-state index contributed by atoms with van der Waals surface area (Å²) in [5.74, 6) is -9.87. The Labute approximate surface area is 491 Å². The van der Waals surface area contributed by atoms with Gasteiger partial charge in [0.15, 0.2) is 0 Å². The average Bonchev–Trinajstić information content (AvgIpc) is 3.54. The Bertz CT molecular complexity index is 2300. The largest absolute Gasteiger partial charge is 0.391 e. The number of carbonyl (C=O) groups is 11. The molecule has 1 fully saturated rings. The van der Waals surface area contributed by atoms with Gasteiger partial charge in [-0.1, -0.05) is 77.3 Å². The smallest absolute Gasteiger partial charge is 0.245 e. The van der Waals surface area contributed by atoms with Crippen LogP contribution < -0.4 is 87.2 Å². The van der Waals surface area contributed by atoms with Crippen molar-refractivity contribution in [3.05, 3.63) is 35.9 Å². The van der Waals surface area contributed by atoms with Crippen molar-refractivity contribution in [1.82, 2.24) is 58.5 Å². The van der Waals surface area contributed by atoms with Gasteiger partial charge < -0.3 is 97.4 Å². The number of amides is 11. The molecule has 0 aromatic heterocycles. The first-order chi connectivity index (χ1) is 39.8. The molecule has 1 aliphatic rings. The molecule has 474 valence electrons. The first kappa shape index (κ1) is 73.2. The number of nitrogens with one attached hydrogen (secondary N) is 11. The van der Waals surface area contributed by atoms with Crippen molar-refractivity contribution in [2.75, 3.05) is 39.3 Å². The van der Waals surface area contributed by atoms with Crippen LogP contribution in [-0.2, 0) is 59.2 Å². The van der Waals surface area contributed by atoms with Gasteiger partial charge in [-0.2, -0.15) is 0 Å². The van der Waals surface area contributed by atoms with E-state index < -0.39 is 156 Å². The normalized spacial score (nSPS) is 23.0. The predicted octanol–water partition coefficient (Wildman–Crippen LogP) is -5.63. The molecule has 0 saturated carbocycles. The number of unbranched alkanes of at least 4 members (excludes halogenated alkanes) is 1. The number of carbonyl (C=O) groups excluding carboxylic acids is 11. The summed E-state index contributed by atoms with van der Waals surface area (Å²) >= 11 is 0. The number of hydrogen-bond donors (Lipinski definition) is 18. The molecule has 84 heavy (non-hydrogen) atoms. The molecular formula is C55H96N16O13. The maximum Gasteiger partial charge on any atom is 0.245 e. The second kappa shape index (κ2) is 38.9. The molecule has 1 heterocycles. The molecule has 3 unspecified atom stereocenters. The number of nitrogens with two attached hydrogens (primary N) is 5. The van der Waals surface area contributed by atoms with E-state index in [0.29, 0.717) is 24.3 Å². The van der Waals surface area contributed by atoms with Crippen molar-refractivity contribution in [2.45, 2.75) is 191 Å². The van der Waals surface area contributed by atoms with Gasteiger partial charge in [0, 0.05) is 19.4 Å². The summed E-state index contributed by atoms with van der Waals surface area (Å²) in [6.45, 7) is 8.79. The van der Waals surface area contributed by atoms with Crippen molar-refractivity contribution in [3.8, 4) is 0 Å². The lowest BCUT2D eigenvalue weighted by Crippen LogP contribution is -2.62. The van der Waals surface area contributed by atoms with Crippen LogP contribution in [0.2, 0.25) is 0 Å². The van der Waals surface area contributed by atoms with Crippen molar-refractivity contribution in [1.29, 1.82) is 0 Å². The minimum absolute atomic E-state index is 0.0182. The molecule has 0 radical (unpaired) electrons. The molecule has 23 N–H and O–H groups in total. The van der Waals surface area contributed by atoms with Gasteiger partial charge in [0.05, 0.1) is 12.2 Å². The minimum Gasteiger partial charge on any atom is -0.391 e. The monoisotopic (exact) mass is 1190 g/mol. The number of rotatable bonds is 28. The Hall–Kier alpha value is -6.89. The Morgan fingerprint density at radius 1 is 0.560 bits per heavy atom. The van der Waals surface area contributed by atoms with E-state index in [1.807, 2.05) is 0 Å². The molecule has 1 aromatic rings. The van der Waals surface area contributed by atoms with Crippen LogP contribution in [-0.4, -0.2) is 187 Å². The maximum absolute atomic E-state index is 14.5. The van der Waals surface area contributed by atoms with Gasteiger partial charge in [-0.3, -0.25) is 52.7 Å². The van der Waals surface area contributed by atoms with Crippen LogP contribution in [0.4, 0.5) is 0 Å². The van der Waals surface area contributed by atoms with Gasteiger partial charge in [-0.15, -0.1) is 0 Å². The fraction of sp³-hybridized carbons (Fsp3) is 0.691. The first-order valence-electron chi connectivity index (χ1n) is 29.1. The summed E-state index contributed by atoms with van der Waals surface area (Å²) < 4.78 is 0. The van der Waals surface area contributed by atoms with Gasteiger partial charge in [0.1, 0.15) is 60.4 Å². The standard InChI is InChI=1S/C55H96N16O13/c1-7-31(4)43-54(83)66-37(19-25-58)46(75)64-39(21-27-60)51(80)70-44(32(5)72)53(82)61-28-22-40(49(78)63-36(18-24-57)48(77)68-41(52(81)69-43)29-34-14-9-8-10-15-34)65-47(76)38(20-26-59)67-55(84)45(33(6)73)71-50(79)35(17-23-56)62-42(74)16-12-11-13-30(2)3/h8-10,14-15,30-33,35-41,43-45,72-73H,7,11-13,16-29,56-60H2,1-6H3,(H,61,82)(H,62,74)(H,63,78)(H,64,75)(H,65,76)(H,66,83)(H,67,84)(H,68,77)(H,69,81)(H,70,80)(H,71,79)/t31?,32?,33?,35-,36-,37-,38-,39-,40-,41+,43-,44-,45-/m0/s1. The summed E-state index contributed by atoms with van der Waals surface area (Å²) in [6, 6.07) is -6.25. The average molecular weight is 1190 g/mol. The van der Waals surface area contributed by atoms with Crippen molar-refractivity contribution >= 4 is 65.0 Å². The Morgan fingerprint density at radius 2 is 1.06 bits per heavy atom. The van der Waals surface area contributed by atoms with Gasteiger partial charge in [-0.05, 0) is 109 Å². The van der Waals surface area contributed by atoms with Crippen LogP contribution in [0, 0.1) is 11.8 Å². The summed E-state index contributed by atoms with van der Waals surface area (Å²) in [4.78, 5) is 154. The van der Waals surface area contributed by atoms with Crippen molar-refractivity contribution < 1.29 is 63.0 Å². The van der Waals surface area contributed by atoms with E-state index in [-0.39, 0.29) is 77.7 Å². The lowest BCUT2D eigenvalue weighted by molar-refractivity contribution is -0.137. The molecule has 0 bridgehead atoms. The number of aliphatic hydroxyl groups is 2. The van der Waals surface area contributed by atoms with Crippen LogP contribution in [0.1, 0.15) is 118 Å². The number of hydrogen-bond acceptors (Lipinski definition) is 18. The van der Waals surface area contributed by atoms with Crippen LogP contribution in [0.5, 0.6) is 0 Å². The predicted molar refractivity (Wildman–Crippen MR) is 312 cm³/mol. The quantitative estimate of drug-likeness (QED) is 0.0348. The molecule has 1 aliphatic heterocycles. The number of aliphatic hydroxyl groups excluding tert-OH is 2. The third-order valence-electron chi connectivity index (χ3n) is 14.1. The second-order valence-corrected chi connectivity index (χ2v) is 21.6. The summed E-state index contributed by atoms with van der Waals surface area (Å²) in [7, 11) is 0. The van der Waals surface area contributed by atoms with Crippen LogP contribution in [0.3, 0.4) is 0 Å². The fourth-order valence-electron chi connectivity index (χ4n) is 8.95. The molecule has 13 atom stereocenters. The van der Waals surface area contributed by atoms with Gasteiger partial charge in [0.2, 0.25) is 65.0 Å². The summed E-state index contributed by atoms with van der Waals surface area (Å²) in [6.07, 6.45) is -1.80. The molecule has 1 aromatic carbocycles. The van der Waals surface area contributed by atoms with E-state index in [1.54, 1.807) is 44.2 Å². The first-order valence-corrected chi connectivity index (χ1v) is 29.1. The van der Waals surface area contributed by atoms with E-state index in [9.17, 15) is 63.0 Å². The zero-order valence-corrected chi connectivity index (χ0v) is 49.5. The van der Waals surface area contributed by atoms with Crippen LogP contribution >= 0.6 is 0 Å². The Balaban J connectivity index is 2.69. The molecule has 29 nitrogen and oxygen atoms in total. The Kier molecular flexibility index (Phi) is 33.9. The van der Waals surface area contributed by atoms with Crippen molar-refractivity contribution in [2.24, 2.45) is 40.5 Å². The molecular weight excluding hydrogens is 1090 g/mol. The van der Waals surface area contributed by atoms with E-state index >= 15 is 0 Å². The highest BCUT2D eigenvalue weighted by molar-refractivity contribution is 5.99. The van der Waals surface area contributed by atoms with Crippen molar-refractivity contribution in [3.63, 3.8) is 0 Å². The molecule has 11 amide bonds. The van der Waals surface area contributed by atoms with Gasteiger partial charge in [0.25, 0.3) is 0 Å². The lowest BCUT2D eigenvalue weighted by atomic mass is 9.96. The van der Waals surface area contributed by atoms with E-state index in [0.717, 1.165) is 12.8 Å². The van der Waals surface area contributed by atoms with E-state index in [2.05, 4.69) is 72.3 Å². The molecule has 0 spiro atoms. The highest BCUT2D eigenvalue weighted by atomic mass is 16.3. The molecule has 0 aliphatic carbocycles. The third kappa shape index (κ3) is 25.5. The Morgan fingerprint density at radius 3 is 1.57 bits per heavy atom. The minimum atomic E-state index is -1.70. The third-order valence-corrected chi connectivity index (χ3v) is 14.1. The fourth-order valence-corrected chi connectivity index (χ4v) is 8.95. The van der Waals surface area contributed by atoms with Crippen LogP contribution in [0.15, 0.2) is 30.3 Å². The van der Waals surface area contributed by atoms with Gasteiger partial charge in [-0.25, -0.2) is 0 Å². The highest BCUT2D eigenvalue weighted by Gasteiger charge is 2.38. The summed E-state index contributed by atoms with van der Waals surface area (Å²) in [5.41, 5.74) is 29.9. The lowest BCUT2D eigenvalue weighted by Gasteiger charge is -2.30. The van der Waals surface area contributed by atoms with Crippen LogP contribution in [0.25, 0.3) is 0 Å². The van der Waals surface area contributed by atoms with E-state index in [4.69, 9.17) is 28.7 Å². The molecule has 1 saturated heterocycles. The maximum atomic E-state index is 14.5. The zero-order chi connectivity index (χ0) is 63.1. The van der Waals surface area contributed by atoms with E-state index in [1.165, 1.54) is 13.8 Å². The molecule has 2 rings (SSSR count). The zero-order valence-electron chi connectivity index (χ0n) is 49.5. The molecule has 29 heteroatoms. The number of benzene rings is 1. The summed E-state index contributed by atoms with van der Waals surface area (Å²) in [5, 5.41) is 49.6. The topological polar surface area (TPSA) is 491 Å². The second-order valence-electron chi connectivity index (χ2n) is 21.6.